The molecule has 1 aromatic heterocycles. The lowest BCUT2D eigenvalue weighted by Crippen LogP contribution is -2.26. The van der Waals surface area contributed by atoms with Gasteiger partial charge >= 0.3 is 10.3 Å². The SMILES string of the molecule is CNC(=O)CC(Nc1nc2ccccc2[nH]1)c1cccc(N(C)S(=O)(=O)O)c1. The molecule has 9 nitrogen and oxygen atoms in total. The van der Waals surface area contributed by atoms with Gasteiger partial charge in [-0.2, -0.15) is 8.42 Å². The number of amides is 1. The molecule has 2 aromatic carbocycles. The number of H-pyrrole nitrogens is 1. The number of imidazole rings is 1. The van der Waals surface area contributed by atoms with Crippen molar-refractivity contribution in [2.24, 2.45) is 0 Å². The van der Waals surface area contributed by atoms with E-state index in [9.17, 15) is 17.8 Å². The molecule has 0 aliphatic heterocycles. The van der Waals surface area contributed by atoms with Crippen molar-refractivity contribution < 1.29 is 17.8 Å². The maximum absolute atomic E-state index is 12.0. The van der Waals surface area contributed by atoms with Gasteiger partial charge in [0, 0.05) is 14.1 Å². The first kappa shape index (κ1) is 19.6. The van der Waals surface area contributed by atoms with Crippen LogP contribution in [-0.2, 0) is 15.1 Å². The van der Waals surface area contributed by atoms with Crippen LogP contribution in [0.4, 0.5) is 11.6 Å². The highest BCUT2D eigenvalue weighted by Gasteiger charge is 2.20. The molecule has 4 N–H and O–H groups in total. The zero-order valence-electron chi connectivity index (χ0n) is 15.4. The van der Waals surface area contributed by atoms with E-state index < -0.39 is 16.3 Å². The molecular formula is C18H21N5O4S. The van der Waals surface area contributed by atoms with E-state index in [0.29, 0.717) is 11.5 Å². The van der Waals surface area contributed by atoms with Crippen LogP contribution < -0.4 is 14.9 Å². The predicted molar refractivity (Wildman–Crippen MR) is 108 cm³/mol. The van der Waals surface area contributed by atoms with Crippen molar-refractivity contribution in [3.63, 3.8) is 0 Å². The fourth-order valence-corrected chi connectivity index (χ4v) is 3.18. The summed E-state index contributed by atoms with van der Waals surface area (Å²) in [6, 6.07) is 13.6. The zero-order valence-corrected chi connectivity index (χ0v) is 16.2. The zero-order chi connectivity index (χ0) is 20.3. The van der Waals surface area contributed by atoms with Crippen molar-refractivity contribution >= 4 is 38.9 Å². The molecule has 1 amide bonds. The number of benzene rings is 2. The van der Waals surface area contributed by atoms with Crippen LogP contribution in [0.2, 0.25) is 0 Å². The van der Waals surface area contributed by atoms with Crippen molar-refractivity contribution in [2.45, 2.75) is 12.5 Å². The van der Waals surface area contributed by atoms with Crippen molar-refractivity contribution in [1.29, 1.82) is 0 Å². The van der Waals surface area contributed by atoms with Crippen LogP contribution in [0.25, 0.3) is 11.0 Å². The summed E-state index contributed by atoms with van der Waals surface area (Å²) in [4.78, 5) is 19.6. The summed E-state index contributed by atoms with van der Waals surface area (Å²) in [7, 11) is -1.60. The summed E-state index contributed by atoms with van der Waals surface area (Å²) < 4.78 is 32.9. The first-order valence-corrected chi connectivity index (χ1v) is 9.91. The maximum Gasteiger partial charge on any atom is 0.359 e. The second-order valence-corrected chi connectivity index (χ2v) is 7.66. The molecule has 0 saturated carbocycles. The molecule has 1 atom stereocenters. The molecule has 0 bridgehead atoms. The Bertz CT molecular complexity index is 1060. The Morgan fingerprint density at radius 3 is 2.68 bits per heavy atom. The van der Waals surface area contributed by atoms with Crippen LogP contribution in [0.15, 0.2) is 48.5 Å². The number of rotatable bonds is 7. The molecule has 0 aliphatic rings. The summed E-state index contributed by atoms with van der Waals surface area (Å²) in [6.45, 7) is 0. The highest BCUT2D eigenvalue weighted by atomic mass is 32.2. The topological polar surface area (TPSA) is 127 Å². The van der Waals surface area contributed by atoms with Crippen molar-refractivity contribution in [3.8, 4) is 0 Å². The van der Waals surface area contributed by atoms with Gasteiger partial charge in [0.05, 0.1) is 29.2 Å². The van der Waals surface area contributed by atoms with Crippen molar-refractivity contribution in [3.05, 3.63) is 54.1 Å². The minimum atomic E-state index is -4.39. The number of carbonyl (C=O) groups is 1. The Morgan fingerprint density at radius 2 is 2.00 bits per heavy atom. The standard InChI is InChI=1S/C18H21N5O4S/c1-19-17(24)11-16(22-18-20-14-8-3-4-9-15(14)21-18)12-6-5-7-13(10-12)23(2)28(25,26)27/h3-10,16H,11H2,1-2H3,(H,19,24)(H2,20,21,22)(H,25,26,27). The number of fused-ring (bicyclic) bond motifs is 1. The van der Waals surface area contributed by atoms with E-state index in [1.54, 1.807) is 31.3 Å². The summed E-state index contributed by atoms with van der Waals surface area (Å²) in [6.07, 6.45) is 0.104. The Morgan fingerprint density at radius 1 is 1.25 bits per heavy atom. The minimum absolute atomic E-state index is 0.104. The number of hydrogen-bond donors (Lipinski definition) is 4. The third-order valence-electron chi connectivity index (χ3n) is 4.35. The highest BCUT2D eigenvalue weighted by Crippen LogP contribution is 2.27. The molecule has 1 heterocycles. The molecule has 0 aliphatic carbocycles. The molecule has 0 radical (unpaired) electrons. The highest BCUT2D eigenvalue weighted by molar-refractivity contribution is 7.87. The molecule has 148 valence electrons. The van der Waals surface area contributed by atoms with E-state index in [2.05, 4.69) is 20.6 Å². The number of para-hydroxylation sites is 2. The number of nitrogens with zero attached hydrogens (tertiary/aromatic N) is 2. The van der Waals surface area contributed by atoms with E-state index in [0.717, 1.165) is 15.3 Å². The van der Waals surface area contributed by atoms with E-state index >= 15 is 0 Å². The minimum Gasteiger partial charge on any atom is -0.359 e. The fourth-order valence-electron chi connectivity index (χ4n) is 2.80. The molecule has 0 saturated heterocycles. The van der Waals surface area contributed by atoms with E-state index in [1.807, 2.05) is 24.3 Å². The largest absolute Gasteiger partial charge is 0.359 e. The average molecular weight is 403 g/mol. The van der Waals surface area contributed by atoms with Gasteiger partial charge in [0.25, 0.3) is 0 Å². The molecule has 28 heavy (non-hydrogen) atoms. The Kier molecular flexibility index (Phi) is 5.52. The first-order valence-electron chi connectivity index (χ1n) is 8.51. The molecule has 1 unspecified atom stereocenters. The lowest BCUT2D eigenvalue weighted by Gasteiger charge is -2.21. The van der Waals surface area contributed by atoms with Gasteiger partial charge in [-0.15, -0.1) is 0 Å². The molecule has 0 fully saturated rings. The summed E-state index contributed by atoms with van der Waals surface area (Å²) in [5, 5.41) is 5.78. The second-order valence-electron chi connectivity index (χ2n) is 6.22. The monoisotopic (exact) mass is 403 g/mol. The van der Waals surface area contributed by atoms with Gasteiger partial charge in [-0.25, -0.2) is 4.98 Å². The molecule has 0 spiro atoms. The summed E-state index contributed by atoms with van der Waals surface area (Å²) in [5.74, 6) is 0.297. The van der Waals surface area contributed by atoms with Crippen molar-refractivity contribution in [1.82, 2.24) is 15.3 Å². The quantitative estimate of drug-likeness (QED) is 0.447. The third kappa shape index (κ3) is 4.41. The van der Waals surface area contributed by atoms with Gasteiger partial charge in [0.15, 0.2) is 0 Å². The van der Waals surface area contributed by atoms with Crippen LogP contribution in [0, 0.1) is 0 Å². The smallest absolute Gasteiger partial charge is 0.359 e. The van der Waals surface area contributed by atoms with Crippen molar-refractivity contribution in [2.75, 3.05) is 23.7 Å². The number of carbonyl (C=O) groups excluding carboxylic acids is 1. The third-order valence-corrected chi connectivity index (χ3v) is 5.25. The van der Waals surface area contributed by atoms with E-state index in [-0.39, 0.29) is 18.0 Å². The normalized spacial score (nSPS) is 12.5. The number of nitrogens with one attached hydrogen (secondary N) is 3. The van der Waals surface area contributed by atoms with Crippen LogP contribution >= 0.6 is 0 Å². The second kappa shape index (κ2) is 7.87. The lowest BCUT2D eigenvalue weighted by molar-refractivity contribution is -0.120. The molecule has 10 heteroatoms. The molecule has 3 rings (SSSR count). The summed E-state index contributed by atoms with van der Waals surface area (Å²) in [5.41, 5.74) is 2.57. The average Bonchev–Trinajstić information content (AvgIpc) is 3.08. The van der Waals surface area contributed by atoms with Gasteiger partial charge in [-0.3, -0.25) is 13.7 Å². The number of anilines is 2. The number of aromatic nitrogens is 2. The Hall–Kier alpha value is -3.11. The van der Waals surface area contributed by atoms with Gasteiger partial charge in [-0.1, -0.05) is 24.3 Å². The molecular weight excluding hydrogens is 382 g/mol. The van der Waals surface area contributed by atoms with Crippen LogP contribution in [0.5, 0.6) is 0 Å². The van der Waals surface area contributed by atoms with Crippen LogP contribution in [0.3, 0.4) is 0 Å². The van der Waals surface area contributed by atoms with Gasteiger partial charge in [0.2, 0.25) is 11.9 Å². The Labute approximate surface area is 162 Å². The predicted octanol–water partition coefficient (Wildman–Crippen LogP) is 2.09. The number of hydrogen-bond acceptors (Lipinski definition) is 5. The first-order chi connectivity index (χ1) is 13.3. The van der Waals surface area contributed by atoms with Gasteiger partial charge < -0.3 is 15.6 Å². The fraction of sp³-hybridized carbons (Fsp3) is 0.222. The maximum atomic E-state index is 12.0. The number of aromatic amines is 1. The Balaban J connectivity index is 1.94. The van der Waals surface area contributed by atoms with Gasteiger partial charge in [-0.05, 0) is 29.8 Å². The van der Waals surface area contributed by atoms with E-state index in [4.69, 9.17) is 0 Å². The van der Waals surface area contributed by atoms with Crippen LogP contribution in [0.1, 0.15) is 18.0 Å². The van der Waals surface area contributed by atoms with Crippen LogP contribution in [-0.4, -0.2) is 42.9 Å². The summed E-state index contributed by atoms with van der Waals surface area (Å²) >= 11 is 0. The lowest BCUT2D eigenvalue weighted by atomic mass is 10.0. The van der Waals surface area contributed by atoms with Gasteiger partial charge in [0.1, 0.15) is 0 Å². The van der Waals surface area contributed by atoms with E-state index in [1.165, 1.54) is 7.05 Å². The molecule has 3 aromatic rings.